The molecule has 0 fully saturated rings. The van der Waals surface area contributed by atoms with Crippen LogP contribution in [-0.2, 0) is 18.2 Å². The summed E-state index contributed by atoms with van der Waals surface area (Å²) in [5, 5.41) is 1.77. The fraction of sp³-hybridized carbons (Fsp3) is 0.562. The maximum absolute atomic E-state index is 5.25. The van der Waals surface area contributed by atoms with Crippen molar-refractivity contribution in [2.24, 2.45) is 0 Å². The van der Waals surface area contributed by atoms with Crippen LogP contribution in [0.3, 0.4) is 0 Å². The molecule has 20 heavy (non-hydrogen) atoms. The van der Waals surface area contributed by atoms with Crippen molar-refractivity contribution in [1.82, 2.24) is 0 Å². The molecule has 0 radical (unpaired) electrons. The molecule has 0 saturated carbocycles. The minimum absolute atomic E-state index is 0.194. The molecule has 0 aliphatic rings. The van der Waals surface area contributed by atoms with Gasteiger partial charge in [-0.3, -0.25) is 0 Å². The molecule has 0 aliphatic heterocycles. The Morgan fingerprint density at radius 3 is 1.55 bits per heavy atom. The van der Waals surface area contributed by atoms with Crippen LogP contribution in [-0.4, -0.2) is 17.4 Å². The van der Waals surface area contributed by atoms with E-state index in [0.29, 0.717) is 0 Å². The zero-order valence-corrected chi connectivity index (χ0v) is 16.8. The Morgan fingerprint density at radius 2 is 1.30 bits per heavy atom. The Hall–Kier alpha value is 0.402. The third-order valence-corrected chi connectivity index (χ3v) is 9.56. The van der Waals surface area contributed by atoms with E-state index in [0.717, 1.165) is 5.75 Å². The molecular weight excluding hydrogens is 381 g/mol. The Labute approximate surface area is 140 Å². The van der Waals surface area contributed by atoms with Crippen molar-refractivity contribution in [2.45, 2.75) is 51.9 Å². The fourth-order valence-corrected chi connectivity index (χ4v) is 6.84. The molecule has 0 heterocycles. The van der Waals surface area contributed by atoms with Gasteiger partial charge in [-0.1, -0.05) is 7.26 Å². The van der Waals surface area contributed by atoms with Gasteiger partial charge < -0.3 is 4.74 Å². The quantitative estimate of drug-likeness (QED) is 0.361. The van der Waals surface area contributed by atoms with Gasteiger partial charge in [-0.15, -0.1) is 0 Å². The van der Waals surface area contributed by atoms with Gasteiger partial charge in [0.25, 0.3) is 0 Å². The van der Waals surface area contributed by atoms with Crippen LogP contribution in [0.2, 0.25) is 0 Å². The first-order valence-electron chi connectivity index (χ1n) is 6.54. The molecule has 4 heteroatoms. The van der Waals surface area contributed by atoms with E-state index >= 15 is 0 Å². The fourth-order valence-electron chi connectivity index (χ4n) is 2.62. The van der Waals surface area contributed by atoms with Crippen molar-refractivity contribution < 1.29 is 22.9 Å². The van der Waals surface area contributed by atoms with Crippen LogP contribution in [0.25, 0.3) is 0 Å². The molecule has 1 aromatic carbocycles. The van der Waals surface area contributed by atoms with Gasteiger partial charge in [-0.05, 0) is 65.8 Å². The van der Waals surface area contributed by atoms with E-state index in [-0.39, 0.29) is 10.3 Å². The third kappa shape index (κ3) is 4.21. The maximum atomic E-state index is 5.25. The molecule has 118 valence electrons. The summed E-state index contributed by atoms with van der Waals surface area (Å²) in [6.45, 7) is 18.6. The predicted molar refractivity (Wildman–Crippen MR) is 90.3 cm³/mol. The van der Waals surface area contributed by atoms with Crippen LogP contribution in [0.4, 0.5) is 0 Å². The SMILES string of the molecule is [CH2-][P+](c1ccc(OC)cc1)(C(C)(C)C)C(C)(C)C.[Cl][Pd+]. The summed E-state index contributed by atoms with van der Waals surface area (Å²) < 4.78 is 5.25. The normalized spacial score (nSPS) is 12.6. The zero-order valence-electron chi connectivity index (χ0n) is 13.6. The van der Waals surface area contributed by atoms with E-state index in [2.05, 4.69) is 81.4 Å². The zero-order chi connectivity index (χ0) is 16.2. The number of rotatable bonds is 2. The number of hydrogen-bond donors (Lipinski definition) is 0. The Morgan fingerprint density at radius 1 is 0.950 bits per heavy atom. The molecule has 0 saturated heterocycles. The molecule has 0 spiro atoms. The molecule has 0 atom stereocenters. The van der Waals surface area contributed by atoms with Gasteiger partial charge >= 0.3 is 27.7 Å². The van der Waals surface area contributed by atoms with Crippen molar-refractivity contribution in [3.8, 4) is 5.75 Å². The minimum atomic E-state index is -1.53. The predicted octanol–water partition coefficient (Wildman–Crippen LogP) is 5.41. The van der Waals surface area contributed by atoms with Gasteiger partial charge in [0.2, 0.25) is 0 Å². The molecule has 1 rings (SSSR count). The second-order valence-electron chi connectivity index (χ2n) is 6.85. The molecule has 0 bridgehead atoms. The first-order valence-corrected chi connectivity index (χ1v) is 10.5. The monoisotopic (exact) mass is 407 g/mol. The van der Waals surface area contributed by atoms with Gasteiger partial charge in [-0.25, -0.2) is 0 Å². The Bertz CT molecular complexity index is 390. The summed E-state index contributed by atoms with van der Waals surface area (Å²) in [5.74, 6) is 0.910. The molecule has 0 aliphatic carbocycles. The number of halogens is 1. The van der Waals surface area contributed by atoms with Gasteiger partial charge in [0.1, 0.15) is 5.75 Å². The van der Waals surface area contributed by atoms with Crippen LogP contribution in [0.5, 0.6) is 5.75 Å². The van der Waals surface area contributed by atoms with Crippen LogP contribution in [0.15, 0.2) is 24.3 Å². The van der Waals surface area contributed by atoms with E-state index in [1.807, 2.05) is 12.1 Å². The van der Waals surface area contributed by atoms with E-state index < -0.39 is 7.26 Å². The van der Waals surface area contributed by atoms with E-state index in [9.17, 15) is 0 Å². The van der Waals surface area contributed by atoms with Crippen LogP contribution >= 0.6 is 16.8 Å². The Balaban J connectivity index is 0.00000172. The van der Waals surface area contributed by atoms with Gasteiger partial charge in [0, 0.05) is 0 Å². The summed E-state index contributed by atoms with van der Waals surface area (Å²) in [6, 6.07) is 8.48. The Kier molecular flexibility index (Phi) is 7.75. The van der Waals surface area contributed by atoms with Gasteiger partial charge in [-0.2, -0.15) is 6.66 Å². The van der Waals surface area contributed by atoms with Crippen LogP contribution in [0.1, 0.15) is 41.5 Å². The van der Waals surface area contributed by atoms with Crippen molar-refractivity contribution in [1.29, 1.82) is 0 Å². The van der Waals surface area contributed by atoms with Crippen molar-refractivity contribution in [3.05, 3.63) is 30.9 Å². The average molecular weight is 408 g/mol. The summed E-state index contributed by atoms with van der Waals surface area (Å²) in [6.07, 6.45) is 0. The first kappa shape index (κ1) is 20.4. The summed E-state index contributed by atoms with van der Waals surface area (Å²) in [4.78, 5) is 0. The molecular formula is C16H27ClOPPd+. The number of hydrogen-bond acceptors (Lipinski definition) is 1. The number of methoxy groups -OCH3 is 1. The summed E-state index contributed by atoms with van der Waals surface area (Å²) >= 11 is 2.22. The first-order chi connectivity index (χ1) is 9.04. The van der Waals surface area contributed by atoms with Crippen molar-refractivity contribution >= 4 is 22.1 Å². The second kappa shape index (κ2) is 7.60. The second-order valence-corrected chi connectivity index (χ2v) is 11.7. The van der Waals surface area contributed by atoms with Gasteiger partial charge in [0.05, 0.1) is 22.7 Å². The molecule has 1 aromatic rings. The standard InChI is InChI=1S/C16H27OP.ClH.Pd/c1-15(2,3)18(8,16(4,5)6)14-11-9-13(17-7)10-12-14;;/h9-12H,8H2,1-7H3;1H;/q;;+2/p-1. The summed E-state index contributed by atoms with van der Waals surface area (Å²) in [5.41, 5.74) is 0. The van der Waals surface area contributed by atoms with Gasteiger partial charge in [0.15, 0.2) is 0 Å². The number of benzene rings is 1. The molecule has 0 aromatic heterocycles. The van der Waals surface area contributed by atoms with Crippen molar-refractivity contribution in [2.75, 3.05) is 7.11 Å². The van der Waals surface area contributed by atoms with Crippen LogP contribution in [0, 0.1) is 6.66 Å². The summed E-state index contributed by atoms with van der Waals surface area (Å²) in [7, 11) is 4.67. The topological polar surface area (TPSA) is 9.23 Å². The molecule has 0 amide bonds. The van der Waals surface area contributed by atoms with E-state index in [1.165, 1.54) is 5.30 Å². The molecule has 1 nitrogen and oxygen atoms in total. The average Bonchev–Trinajstić information content (AvgIpc) is 2.37. The van der Waals surface area contributed by atoms with Crippen molar-refractivity contribution in [3.63, 3.8) is 0 Å². The molecule has 0 unspecified atom stereocenters. The molecule has 0 N–H and O–H groups in total. The van der Waals surface area contributed by atoms with E-state index in [4.69, 9.17) is 11.4 Å². The third-order valence-electron chi connectivity index (χ3n) is 3.80. The van der Waals surface area contributed by atoms with Crippen LogP contribution < -0.4 is 10.0 Å². The number of ether oxygens (including phenoxy) is 1. The van der Waals surface area contributed by atoms with E-state index in [1.54, 1.807) is 7.11 Å².